The second-order valence-corrected chi connectivity index (χ2v) is 4.08. The average Bonchev–Trinajstić information content (AvgIpc) is 2.21. The standard InChI is InChI=1S/C12H24O3/c1-4-12(13)6-5-7-14-8-9-15-10-11(2)3/h11H,4-10H2,1-3H3. The molecule has 0 N–H and O–H groups in total. The quantitative estimate of drug-likeness (QED) is 0.526. The molecule has 0 fully saturated rings. The molecule has 90 valence electrons. The van der Waals surface area contributed by atoms with Gasteiger partial charge < -0.3 is 9.47 Å². The summed E-state index contributed by atoms with van der Waals surface area (Å²) in [5, 5.41) is 0. The molecule has 0 saturated carbocycles. The molecule has 0 aromatic rings. The molecule has 0 aliphatic heterocycles. The number of carbonyl (C=O) groups excluding carboxylic acids is 1. The fraction of sp³-hybridized carbons (Fsp3) is 0.917. The fourth-order valence-corrected chi connectivity index (χ4v) is 1.09. The van der Waals surface area contributed by atoms with Gasteiger partial charge >= 0.3 is 0 Å². The molecule has 0 aliphatic rings. The molecular formula is C12H24O3. The zero-order valence-corrected chi connectivity index (χ0v) is 10.3. The van der Waals surface area contributed by atoms with Gasteiger partial charge in [0, 0.05) is 26.1 Å². The van der Waals surface area contributed by atoms with Crippen molar-refractivity contribution in [3.63, 3.8) is 0 Å². The summed E-state index contributed by atoms with van der Waals surface area (Å²) in [7, 11) is 0. The van der Waals surface area contributed by atoms with E-state index in [0.29, 0.717) is 44.4 Å². The Morgan fingerprint density at radius 1 is 1.13 bits per heavy atom. The number of carbonyl (C=O) groups is 1. The SMILES string of the molecule is CCC(=O)CCCOCCOCC(C)C. The first-order valence-electron chi connectivity index (χ1n) is 5.84. The Kier molecular flexibility index (Phi) is 9.84. The molecule has 3 nitrogen and oxygen atoms in total. The van der Waals surface area contributed by atoms with Gasteiger partial charge in [0.2, 0.25) is 0 Å². The summed E-state index contributed by atoms with van der Waals surface area (Å²) in [4.78, 5) is 10.9. The van der Waals surface area contributed by atoms with E-state index in [2.05, 4.69) is 13.8 Å². The van der Waals surface area contributed by atoms with E-state index in [1.54, 1.807) is 0 Å². The number of hydrogen-bond donors (Lipinski definition) is 0. The van der Waals surface area contributed by atoms with Gasteiger partial charge in [-0.05, 0) is 12.3 Å². The monoisotopic (exact) mass is 216 g/mol. The van der Waals surface area contributed by atoms with E-state index in [0.717, 1.165) is 13.0 Å². The van der Waals surface area contributed by atoms with Crippen LogP contribution in [0.1, 0.15) is 40.0 Å². The maximum Gasteiger partial charge on any atom is 0.132 e. The van der Waals surface area contributed by atoms with Crippen molar-refractivity contribution in [2.45, 2.75) is 40.0 Å². The maximum absolute atomic E-state index is 10.9. The number of hydrogen-bond acceptors (Lipinski definition) is 3. The predicted molar refractivity (Wildman–Crippen MR) is 61.0 cm³/mol. The molecule has 0 spiro atoms. The van der Waals surface area contributed by atoms with Crippen LogP contribution in [-0.4, -0.2) is 32.2 Å². The van der Waals surface area contributed by atoms with Crippen LogP contribution in [0.3, 0.4) is 0 Å². The van der Waals surface area contributed by atoms with Gasteiger partial charge in [-0.25, -0.2) is 0 Å². The molecule has 0 aliphatic carbocycles. The van der Waals surface area contributed by atoms with Crippen molar-refractivity contribution in [1.29, 1.82) is 0 Å². The highest BCUT2D eigenvalue weighted by Crippen LogP contribution is 1.96. The van der Waals surface area contributed by atoms with Gasteiger partial charge in [-0.1, -0.05) is 20.8 Å². The smallest absolute Gasteiger partial charge is 0.132 e. The van der Waals surface area contributed by atoms with Crippen molar-refractivity contribution >= 4 is 5.78 Å². The van der Waals surface area contributed by atoms with E-state index < -0.39 is 0 Å². The first-order valence-corrected chi connectivity index (χ1v) is 5.84. The summed E-state index contributed by atoms with van der Waals surface area (Å²) in [5.41, 5.74) is 0. The molecule has 0 amide bonds. The molecule has 0 aromatic carbocycles. The van der Waals surface area contributed by atoms with Crippen LogP contribution in [0.2, 0.25) is 0 Å². The van der Waals surface area contributed by atoms with Crippen LogP contribution in [-0.2, 0) is 14.3 Å². The number of rotatable bonds is 10. The van der Waals surface area contributed by atoms with Crippen molar-refractivity contribution in [2.24, 2.45) is 5.92 Å². The first kappa shape index (κ1) is 14.6. The molecule has 0 aromatic heterocycles. The lowest BCUT2D eigenvalue weighted by Crippen LogP contribution is -2.09. The third-order valence-corrected chi connectivity index (χ3v) is 1.96. The first-order chi connectivity index (χ1) is 7.16. The molecule has 15 heavy (non-hydrogen) atoms. The molecule has 0 saturated heterocycles. The Bertz CT molecular complexity index is 155. The molecule has 0 heterocycles. The van der Waals surface area contributed by atoms with Crippen LogP contribution in [0, 0.1) is 5.92 Å². The lowest BCUT2D eigenvalue weighted by atomic mass is 10.2. The van der Waals surface area contributed by atoms with Crippen LogP contribution >= 0.6 is 0 Å². The minimum Gasteiger partial charge on any atom is -0.379 e. The second-order valence-electron chi connectivity index (χ2n) is 4.08. The summed E-state index contributed by atoms with van der Waals surface area (Å²) in [6.07, 6.45) is 2.11. The lowest BCUT2D eigenvalue weighted by Gasteiger charge is -2.07. The van der Waals surface area contributed by atoms with E-state index in [9.17, 15) is 4.79 Å². The van der Waals surface area contributed by atoms with Gasteiger partial charge in [-0.15, -0.1) is 0 Å². The summed E-state index contributed by atoms with van der Waals surface area (Å²) in [5.74, 6) is 0.891. The molecular weight excluding hydrogens is 192 g/mol. The Labute approximate surface area is 93.1 Å². The summed E-state index contributed by atoms with van der Waals surface area (Å²) >= 11 is 0. The van der Waals surface area contributed by atoms with Crippen molar-refractivity contribution in [2.75, 3.05) is 26.4 Å². The van der Waals surface area contributed by atoms with Crippen molar-refractivity contribution in [3.8, 4) is 0 Å². The number of Topliss-reactive ketones (excluding diaryl/α,β-unsaturated/α-hetero) is 1. The molecule has 0 bridgehead atoms. The van der Waals surface area contributed by atoms with Gasteiger partial charge in [0.05, 0.1) is 13.2 Å². The third kappa shape index (κ3) is 11.5. The zero-order chi connectivity index (χ0) is 11.5. The largest absolute Gasteiger partial charge is 0.379 e. The van der Waals surface area contributed by atoms with Crippen molar-refractivity contribution < 1.29 is 14.3 Å². The molecule has 0 radical (unpaired) electrons. The van der Waals surface area contributed by atoms with Crippen LogP contribution in [0.15, 0.2) is 0 Å². The Morgan fingerprint density at radius 3 is 2.40 bits per heavy atom. The highest BCUT2D eigenvalue weighted by molar-refractivity contribution is 5.77. The summed E-state index contributed by atoms with van der Waals surface area (Å²) in [6.45, 7) is 8.87. The van der Waals surface area contributed by atoms with Gasteiger partial charge in [0.15, 0.2) is 0 Å². The molecule has 3 heteroatoms. The predicted octanol–water partition coefficient (Wildman–Crippen LogP) is 2.43. The Morgan fingerprint density at radius 2 is 1.80 bits per heavy atom. The molecule has 0 rings (SSSR count). The maximum atomic E-state index is 10.9. The van der Waals surface area contributed by atoms with E-state index in [4.69, 9.17) is 9.47 Å². The minimum atomic E-state index is 0.314. The highest BCUT2D eigenvalue weighted by Gasteiger charge is 1.98. The summed E-state index contributed by atoms with van der Waals surface area (Å²) < 4.78 is 10.7. The van der Waals surface area contributed by atoms with Crippen LogP contribution < -0.4 is 0 Å². The number of ketones is 1. The van der Waals surface area contributed by atoms with E-state index in [1.807, 2.05) is 6.92 Å². The van der Waals surface area contributed by atoms with Crippen LogP contribution in [0.5, 0.6) is 0 Å². The van der Waals surface area contributed by atoms with Gasteiger partial charge in [0.1, 0.15) is 5.78 Å². The Hall–Kier alpha value is -0.410. The van der Waals surface area contributed by atoms with Crippen molar-refractivity contribution in [3.05, 3.63) is 0 Å². The van der Waals surface area contributed by atoms with Crippen LogP contribution in [0.4, 0.5) is 0 Å². The van der Waals surface area contributed by atoms with E-state index in [1.165, 1.54) is 0 Å². The fourth-order valence-electron chi connectivity index (χ4n) is 1.09. The van der Waals surface area contributed by atoms with Gasteiger partial charge in [-0.3, -0.25) is 4.79 Å². The molecule has 0 atom stereocenters. The third-order valence-electron chi connectivity index (χ3n) is 1.96. The minimum absolute atomic E-state index is 0.314. The van der Waals surface area contributed by atoms with Gasteiger partial charge in [-0.2, -0.15) is 0 Å². The van der Waals surface area contributed by atoms with Crippen LogP contribution in [0.25, 0.3) is 0 Å². The van der Waals surface area contributed by atoms with Gasteiger partial charge in [0.25, 0.3) is 0 Å². The average molecular weight is 216 g/mol. The topological polar surface area (TPSA) is 35.5 Å². The normalized spacial score (nSPS) is 10.9. The Balaban J connectivity index is 3.02. The second kappa shape index (κ2) is 10.1. The lowest BCUT2D eigenvalue weighted by molar-refractivity contribution is -0.119. The zero-order valence-electron chi connectivity index (χ0n) is 10.3. The summed E-state index contributed by atoms with van der Waals surface area (Å²) in [6, 6.07) is 0. The number of ether oxygens (including phenoxy) is 2. The molecule has 0 unspecified atom stereocenters. The van der Waals surface area contributed by atoms with E-state index in [-0.39, 0.29) is 0 Å². The van der Waals surface area contributed by atoms with E-state index >= 15 is 0 Å². The van der Waals surface area contributed by atoms with Crippen molar-refractivity contribution in [1.82, 2.24) is 0 Å². The highest BCUT2D eigenvalue weighted by atomic mass is 16.5.